The third-order valence-electron chi connectivity index (χ3n) is 7.36. The fourth-order valence-electron chi connectivity index (χ4n) is 5.71. The van der Waals surface area contributed by atoms with Crippen molar-refractivity contribution in [1.29, 1.82) is 0 Å². The van der Waals surface area contributed by atoms with Crippen LogP contribution in [0.1, 0.15) is 49.8 Å². The zero-order valence-electron chi connectivity index (χ0n) is 20.4. The fraction of sp³-hybridized carbons (Fsp3) is 0.444. The summed E-state index contributed by atoms with van der Waals surface area (Å²) in [6.45, 7) is 2.22. The lowest BCUT2D eigenvalue weighted by atomic mass is 9.97. The van der Waals surface area contributed by atoms with E-state index in [9.17, 15) is 0 Å². The van der Waals surface area contributed by atoms with E-state index in [-0.39, 0.29) is 0 Å². The first-order valence-electron chi connectivity index (χ1n) is 12.4. The molecule has 1 aromatic carbocycles. The quantitative estimate of drug-likeness (QED) is 0.394. The highest BCUT2D eigenvalue weighted by Gasteiger charge is 2.27. The molecule has 4 aromatic rings. The number of aromatic nitrogens is 4. The van der Waals surface area contributed by atoms with Gasteiger partial charge in [0.2, 0.25) is 0 Å². The molecule has 3 atom stereocenters. The first-order chi connectivity index (χ1) is 16.7. The Labute approximate surface area is 201 Å². The second kappa shape index (κ2) is 9.58. The van der Waals surface area contributed by atoms with Crippen LogP contribution in [-0.2, 0) is 12.8 Å². The largest absolute Gasteiger partial charge is 0.372 e. The summed E-state index contributed by atoms with van der Waals surface area (Å²) in [6, 6.07) is 12.3. The van der Waals surface area contributed by atoms with Crippen LogP contribution in [0, 0.1) is 5.92 Å². The van der Waals surface area contributed by atoms with Gasteiger partial charge in [-0.3, -0.25) is 0 Å². The SMILES string of the molecule is CN.CNc1ncnc2c1ccn2C1CCC(CCc2ccc3cc4c(nc3c2)N[C@H](C)C4)C1. The summed E-state index contributed by atoms with van der Waals surface area (Å²) in [5.74, 6) is 2.74. The number of aryl methyl sites for hydroxylation is 1. The van der Waals surface area contributed by atoms with E-state index in [4.69, 9.17) is 4.98 Å². The first-order valence-corrected chi connectivity index (χ1v) is 12.4. The smallest absolute Gasteiger partial charge is 0.145 e. The number of rotatable bonds is 5. The molecule has 1 fully saturated rings. The first kappa shape index (κ1) is 22.6. The zero-order chi connectivity index (χ0) is 23.7. The van der Waals surface area contributed by atoms with Gasteiger partial charge in [0.1, 0.15) is 23.6 Å². The van der Waals surface area contributed by atoms with Crippen LogP contribution in [0.3, 0.4) is 0 Å². The second-order valence-corrected chi connectivity index (χ2v) is 9.58. The van der Waals surface area contributed by atoms with Gasteiger partial charge in [-0.1, -0.05) is 12.1 Å². The maximum Gasteiger partial charge on any atom is 0.145 e. The summed E-state index contributed by atoms with van der Waals surface area (Å²) in [4.78, 5) is 13.8. The Morgan fingerprint density at radius 1 is 1.15 bits per heavy atom. The van der Waals surface area contributed by atoms with E-state index in [1.807, 2.05) is 7.05 Å². The molecule has 6 rings (SSSR count). The van der Waals surface area contributed by atoms with Gasteiger partial charge in [-0.2, -0.15) is 0 Å². The summed E-state index contributed by atoms with van der Waals surface area (Å²) in [6.07, 6.45) is 11.0. The molecule has 34 heavy (non-hydrogen) atoms. The van der Waals surface area contributed by atoms with Crippen LogP contribution in [0.4, 0.5) is 11.6 Å². The maximum atomic E-state index is 4.90. The Morgan fingerprint density at radius 3 is 2.88 bits per heavy atom. The molecule has 0 bridgehead atoms. The number of nitrogens with two attached hydrogens (primary N) is 1. The van der Waals surface area contributed by atoms with Gasteiger partial charge < -0.3 is 20.9 Å². The molecule has 2 unspecified atom stereocenters. The normalized spacial score (nSPS) is 21.2. The molecule has 1 aliphatic heterocycles. The molecule has 178 valence electrons. The molecule has 0 spiro atoms. The predicted molar refractivity (Wildman–Crippen MR) is 140 cm³/mol. The zero-order valence-corrected chi connectivity index (χ0v) is 20.4. The molecule has 4 N–H and O–H groups in total. The second-order valence-electron chi connectivity index (χ2n) is 9.58. The van der Waals surface area contributed by atoms with E-state index >= 15 is 0 Å². The summed E-state index contributed by atoms with van der Waals surface area (Å²) in [7, 11) is 3.41. The van der Waals surface area contributed by atoms with Crippen LogP contribution < -0.4 is 16.4 Å². The summed E-state index contributed by atoms with van der Waals surface area (Å²) >= 11 is 0. The number of hydrogen-bond acceptors (Lipinski definition) is 6. The number of nitrogens with zero attached hydrogens (tertiary/aromatic N) is 4. The van der Waals surface area contributed by atoms with E-state index in [1.165, 1.54) is 49.2 Å². The predicted octanol–water partition coefficient (Wildman–Crippen LogP) is 4.93. The monoisotopic (exact) mass is 457 g/mol. The van der Waals surface area contributed by atoms with Gasteiger partial charge >= 0.3 is 0 Å². The van der Waals surface area contributed by atoms with Gasteiger partial charge in [0, 0.05) is 30.7 Å². The van der Waals surface area contributed by atoms with Crippen molar-refractivity contribution in [2.24, 2.45) is 11.7 Å². The molecule has 1 saturated carbocycles. The van der Waals surface area contributed by atoms with E-state index in [0.717, 1.165) is 46.9 Å². The molecule has 3 aromatic heterocycles. The molecule has 1 aliphatic carbocycles. The van der Waals surface area contributed by atoms with Gasteiger partial charge in [0.25, 0.3) is 0 Å². The molecule has 4 heterocycles. The van der Waals surface area contributed by atoms with Gasteiger partial charge in [-0.15, -0.1) is 0 Å². The van der Waals surface area contributed by atoms with Gasteiger partial charge in [-0.05, 0) is 87.7 Å². The Kier molecular flexibility index (Phi) is 6.37. The van der Waals surface area contributed by atoms with Gasteiger partial charge in [-0.25, -0.2) is 15.0 Å². The van der Waals surface area contributed by atoms with Gasteiger partial charge in [0.15, 0.2) is 0 Å². The molecule has 7 nitrogen and oxygen atoms in total. The highest BCUT2D eigenvalue weighted by molar-refractivity contribution is 5.87. The van der Waals surface area contributed by atoms with Crippen LogP contribution in [-0.4, -0.2) is 39.7 Å². The van der Waals surface area contributed by atoms with E-state index < -0.39 is 0 Å². The van der Waals surface area contributed by atoms with Crippen molar-refractivity contribution in [3.8, 4) is 0 Å². The van der Waals surface area contributed by atoms with Crippen LogP contribution in [0.5, 0.6) is 0 Å². The summed E-state index contributed by atoms with van der Waals surface area (Å²) in [5, 5.41) is 9.04. The molecule has 7 heteroatoms. The topological polar surface area (TPSA) is 93.7 Å². The van der Waals surface area contributed by atoms with Crippen LogP contribution in [0.15, 0.2) is 42.9 Å². The summed E-state index contributed by atoms with van der Waals surface area (Å²) in [5.41, 5.74) is 9.41. The number of hydrogen-bond donors (Lipinski definition) is 3. The third-order valence-corrected chi connectivity index (χ3v) is 7.36. The van der Waals surface area contributed by atoms with Crippen molar-refractivity contribution >= 4 is 33.6 Å². The minimum atomic E-state index is 0.484. The Hall–Kier alpha value is -3.19. The summed E-state index contributed by atoms with van der Waals surface area (Å²) < 4.78 is 2.37. The Morgan fingerprint density at radius 2 is 2.03 bits per heavy atom. The lowest BCUT2D eigenvalue weighted by Crippen LogP contribution is -2.08. The van der Waals surface area contributed by atoms with Crippen LogP contribution >= 0.6 is 0 Å². The van der Waals surface area contributed by atoms with Crippen LogP contribution in [0.25, 0.3) is 21.9 Å². The van der Waals surface area contributed by atoms with Crippen molar-refractivity contribution < 1.29 is 0 Å². The van der Waals surface area contributed by atoms with Crippen molar-refractivity contribution in [1.82, 2.24) is 19.5 Å². The molecule has 0 radical (unpaired) electrons. The Balaban J connectivity index is 0.00000117. The molecular weight excluding hydrogens is 422 g/mol. The highest BCUT2D eigenvalue weighted by Crippen LogP contribution is 2.39. The molecule has 0 saturated heterocycles. The number of fused-ring (bicyclic) bond motifs is 3. The molecule has 2 aliphatic rings. The Bertz CT molecular complexity index is 1300. The van der Waals surface area contributed by atoms with E-state index in [2.05, 4.69) is 74.4 Å². The van der Waals surface area contributed by atoms with Crippen molar-refractivity contribution in [2.75, 3.05) is 24.7 Å². The minimum Gasteiger partial charge on any atom is -0.372 e. The molecule has 0 amide bonds. The van der Waals surface area contributed by atoms with Crippen molar-refractivity contribution in [2.45, 2.75) is 57.5 Å². The maximum absolute atomic E-state index is 4.90. The highest BCUT2D eigenvalue weighted by atomic mass is 15.1. The third kappa shape index (κ3) is 4.20. The number of benzene rings is 1. The van der Waals surface area contributed by atoms with E-state index in [1.54, 1.807) is 6.33 Å². The van der Waals surface area contributed by atoms with Gasteiger partial charge in [0.05, 0.1) is 10.9 Å². The van der Waals surface area contributed by atoms with Crippen molar-refractivity contribution in [3.63, 3.8) is 0 Å². The fourth-order valence-corrected chi connectivity index (χ4v) is 5.71. The lowest BCUT2D eigenvalue weighted by molar-refractivity contribution is 0.461. The standard InChI is InChI=1S/C26H30N6.CH5N/c1-16-11-20-14-19-7-5-18(13-23(19)31-24(20)30-16)4-3-17-6-8-21(12-17)32-10-9-22-25(27-2)28-15-29-26(22)32;1-2/h5,7,9-10,13-17,21H,3-4,6,8,11-12H2,1-2H3,(H,30,31)(H,27,28,29);2H2,1H3/t16-,17?,21?;/m1./s1. The van der Waals surface area contributed by atoms with Crippen molar-refractivity contribution in [3.05, 3.63) is 54.0 Å². The minimum absolute atomic E-state index is 0.484. The number of nitrogens with one attached hydrogen (secondary N) is 2. The lowest BCUT2D eigenvalue weighted by Gasteiger charge is -2.15. The number of anilines is 2. The molecular formula is C27H35N7. The van der Waals surface area contributed by atoms with E-state index in [0.29, 0.717) is 12.1 Å². The average Bonchev–Trinajstić information content (AvgIpc) is 3.59. The average molecular weight is 458 g/mol. The van der Waals surface area contributed by atoms with Crippen LogP contribution in [0.2, 0.25) is 0 Å². The number of pyridine rings is 1.